The lowest BCUT2D eigenvalue weighted by molar-refractivity contribution is -0.0908. The Morgan fingerprint density at radius 3 is 2.48 bits per heavy atom. The van der Waals surface area contributed by atoms with E-state index in [0.29, 0.717) is 24.4 Å². The minimum absolute atomic E-state index is 0.0682. The molecule has 2 N–H and O–H groups in total. The fraction of sp³-hybridized carbons (Fsp3) is 0.357. The monoisotopic (exact) mass is 558 g/mol. The number of allylic oxidation sites excluding steroid dienone is 4. The minimum atomic E-state index is -4.58. The summed E-state index contributed by atoms with van der Waals surface area (Å²) in [5, 5.41) is 10.7. The number of hydrogen-bond donors (Lipinski definition) is 2. The van der Waals surface area contributed by atoms with Crippen molar-refractivity contribution in [3.63, 3.8) is 0 Å². The molecule has 1 aliphatic rings. The zero-order valence-electron chi connectivity index (χ0n) is 24.0. The highest BCUT2D eigenvalue weighted by Crippen LogP contribution is 2.31. The molecule has 2 heterocycles. The number of aryl methyl sites for hydroxylation is 2. The number of carbonyl (C=O) groups excluding carboxylic acids is 1. The van der Waals surface area contributed by atoms with E-state index in [0.717, 1.165) is 22.5 Å². The van der Waals surface area contributed by atoms with Crippen molar-refractivity contribution in [1.82, 2.24) is 35.4 Å². The van der Waals surface area contributed by atoms with E-state index in [1.807, 2.05) is 63.5 Å². The summed E-state index contributed by atoms with van der Waals surface area (Å²) in [5.41, 5.74) is 6.53. The fourth-order valence-corrected chi connectivity index (χ4v) is 3.96. The highest BCUT2D eigenvalue weighted by molar-refractivity contribution is 5.96. The van der Waals surface area contributed by atoms with E-state index in [2.05, 4.69) is 22.4 Å². The second-order valence-corrected chi connectivity index (χ2v) is 9.98. The van der Waals surface area contributed by atoms with Gasteiger partial charge < -0.3 is 15.1 Å². The molecular formula is C28H37F3N8O. The average Bonchev–Trinajstić information content (AvgIpc) is 3.47. The fourth-order valence-electron chi connectivity index (χ4n) is 3.96. The number of nitrogens with one attached hydrogen (secondary N) is 2. The number of halogens is 3. The Kier molecular flexibility index (Phi) is 9.48. The molecule has 0 atom stereocenters. The summed E-state index contributed by atoms with van der Waals surface area (Å²) in [4.78, 5) is 16.5. The van der Waals surface area contributed by atoms with Gasteiger partial charge in [0.25, 0.3) is 5.91 Å². The maximum Gasteiger partial charge on any atom is 0.417 e. The quantitative estimate of drug-likeness (QED) is 0.427. The molecule has 216 valence electrons. The Labute approximate surface area is 233 Å². The normalized spacial score (nSPS) is 14.9. The van der Waals surface area contributed by atoms with Gasteiger partial charge in [0, 0.05) is 69.2 Å². The zero-order chi connectivity index (χ0) is 29.8. The zero-order valence-corrected chi connectivity index (χ0v) is 24.0. The number of hydrazine groups is 2. The summed E-state index contributed by atoms with van der Waals surface area (Å²) >= 11 is 0. The van der Waals surface area contributed by atoms with Crippen LogP contribution < -0.4 is 15.8 Å². The Bertz CT molecular complexity index is 1340. The number of anilines is 1. The molecule has 0 aliphatic carbocycles. The van der Waals surface area contributed by atoms with Crippen molar-refractivity contribution < 1.29 is 18.0 Å². The van der Waals surface area contributed by atoms with E-state index >= 15 is 0 Å². The van der Waals surface area contributed by atoms with Crippen molar-refractivity contribution in [3.8, 4) is 0 Å². The van der Waals surface area contributed by atoms with Gasteiger partial charge in [0.05, 0.1) is 23.2 Å². The third kappa shape index (κ3) is 7.54. The van der Waals surface area contributed by atoms with Gasteiger partial charge in [0.1, 0.15) is 0 Å². The van der Waals surface area contributed by atoms with E-state index < -0.39 is 11.7 Å². The van der Waals surface area contributed by atoms with Crippen molar-refractivity contribution in [2.75, 3.05) is 46.3 Å². The van der Waals surface area contributed by atoms with Gasteiger partial charge in [0.2, 0.25) is 0 Å². The van der Waals surface area contributed by atoms with Crippen LogP contribution in [0.2, 0.25) is 0 Å². The van der Waals surface area contributed by atoms with E-state index in [1.165, 1.54) is 17.1 Å². The summed E-state index contributed by atoms with van der Waals surface area (Å²) in [6.07, 6.45) is 3.77. The molecule has 0 radical (unpaired) electrons. The third-order valence-electron chi connectivity index (χ3n) is 6.34. The Morgan fingerprint density at radius 2 is 1.88 bits per heavy atom. The van der Waals surface area contributed by atoms with Crippen LogP contribution in [0.3, 0.4) is 0 Å². The molecule has 0 saturated carbocycles. The second-order valence-electron chi connectivity index (χ2n) is 9.98. The first-order chi connectivity index (χ1) is 18.7. The highest BCUT2D eigenvalue weighted by Gasteiger charge is 2.35. The molecule has 1 amide bonds. The lowest BCUT2D eigenvalue weighted by Crippen LogP contribution is -2.39. The molecule has 0 bridgehead atoms. The molecule has 1 aromatic carbocycles. The number of rotatable bonds is 10. The number of benzene rings is 1. The lowest BCUT2D eigenvalue weighted by atomic mass is 10.1. The maximum absolute atomic E-state index is 13.5. The highest BCUT2D eigenvalue weighted by atomic mass is 19.4. The first kappa shape index (κ1) is 30.5. The second kappa shape index (κ2) is 12.4. The van der Waals surface area contributed by atoms with Crippen molar-refractivity contribution in [3.05, 3.63) is 89.2 Å². The molecule has 12 heteroatoms. The van der Waals surface area contributed by atoms with Gasteiger partial charge in [-0.1, -0.05) is 12.6 Å². The molecule has 2 aromatic rings. The smallest absolute Gasteiger partial charge is 0.373 e. The first-order valence-corrected chi connectivity index (χ1v) is 12.6. The largest absolute Gasteiger partial charge is 0.417 e. The molecule has 9 nitrogen and oxygen atoms in total. The van der Waals surface area contributed by atoms with Crippen LogP contribution in [0.1, 0.15) is 28.4 Å². The van der Waals surface area contributed by atoms with E-state index in [1.54, 1.807) is 42.1 Å². The van der Waals surface area contributed by atoms with Gasteiger partial charge in [-0.2, -0.15) is 18.3 Å². The predicted molar refractivity (Wildman–Crippen MR) is 151 cm³/mol. The Morgan fingerprint density at radius 1 is 1.18 bits per heavy atom. The summed E-state index contributed by atoms with van der Waals surface area (Å²) < 4.78 is 42.1. The first-order valence-electron chi connectivity index (χ1n) is 12.6. The van der Waals surface area contributed by atoms with Gasteiger partial charge in [-0.05, 0) is 57.8 Å². The molecule has 0 fully saturated rings. The number of carbonyl (C=O) groups is 1. The maximum atomic E-state index is 13.5. The van der Waals surface area contributed by atoms with E-state index in [9.17, 15) is 18.0 Å². The van der Waals surface area contributed by atoms with Gasteiger partial charge in [-0.15, -0.1) is 5.12 Å². The Balaban J connectivity index is 1.81. The molecule has 0 unspecified atom stereocenters. The third-order valence-corrected chi connectivity index (χ3v) is 6.34. The predicted octanol–water partition coefficient (Wildman–Crippen LogP) is 4.03. The van der Waals surface area contributed by atoms with Crippen LogP contribution >= 0.6 is 0 Å². The van der Waals surface area contributed by atoms with Crippen molar-refractivity contribution in [2.24, 2.45) is 7.05 Å². The SMILES string of the molecule is C=C(/C(=C\C=C(/C)NC(=O)c1ccc(C)c(N2C=C(c3cnn(C)c3)NN2C)c1)N(C)CCN(C)C)C(F)(F)F. The lowest BCUT2D eigenvalue weighted by Gasteiger charge is -2.26. The summed E-state index contributed by atoms with van der Waals surface area (Å²) in [7, 11) is 8.98. The van der Waals surface area contributed by atoms with Crippen molar-refractivity contribution >= 4 is 17.3 Å². The van der Waals surface area contributed by atoms with Gasteiger partial charge >= 0.3 is 6.18 Å². The number of alkyl halides is 3. The average molecular weight is 559 g/mol. The van der Waals surface area contributed by atoms with Crippen LogP contribution in [0.5, 0.6) is 0 Å². The number of nitrogens with zero attached hydrogens (tertiary/aromatic N) is 6. The van der Waals surface area contributed by atoms with Crippen LogP contribution in [0.4, 0.5) is 18.9 Å². The molecule has 1 aliphatic heterocycles. The van der Waals surface area contributed by atoms with E-state index in [-0.39, 0.29) is 11.6 Å². The number of amides is 1. The van der Waals surface area contributed by atoms with Crippen LogP contribution in [0.15, 0.2) is 72.5 Å². The summed E-state index contributed by atoms with van der Waals surface area (Å²) in [6, 6.07) is 5.32. The van der Waals surface area contributed by atoms with Crippen LogP contribution in [0, 0.1) is 6.92 Å². The molecule has 0 saturated heterocycles. The van der Waals surface area contributed by atoms with Crippen molar-refractivity contribution in [2.45, 2.75) is 20.0 Å². The van der Waals surface area contributed by atoms with Gasteiger partial charge in [0.15, 0.2) is 0 Å². The number of likely N-dealkylation sites (N-methyl/N-ethyl adjacent to an activating group) is 2. The topological polar surface area (TPSA) is 71.9 Å². The van der Waals surface area contributed by atoms with Crippen molar-refractivity contribution in [1.29, 1.82) is 0 Å². The van der Waals surface area contributed by atoms with Gasteiger partial charge in [-0.3, -0.25) is 19.9 Å². The molecular weight excluding hydrogens is 521 g/mol. The molecule has 3 rings (SSSR count). The van der Waals surface area contributed by atoms with Crippen LogP contribution in [0.25, 0.3) is 5.70 Å². The number of hydrogen-bond acceptors (Lipinski definition) is 7. The summed E-state index contributed by atoms with van der Waals surface area (Å²) in [6.45, 7) is 7.76. The molecule has 0 spiro atoms. The van der Waals surface area contributed by atoms with Gasteiger partial charge in [-0.25, -0.2) is 0 Å². The van der Waals surface area contributed by atoms with Crippen LogP contribution in [-0.2, 0) is 7.05 Å². The van der Waals surface area contributed by atoms with Crippen LogP contribution in [-0.4, -0.2) is 78.1 Å². The molecule has 40 heavy (non-hydrogen) atoms. The number of aromatic nitrogens is 2. The molecule has 1 aromatic heterocycles. The standard InChI is InChI=1S/C28H37F3N8O/c1-19-9-11-22(15-26(19)39-18-24(34-38(39)8)23-16-32-37(7)17-23)27(40)33-20(2)10-12-25(21(3)28(29,30)31)36(6)14-13-35(4)5/h9-12,15-18,34H,3,13-14H2,1-2,4-8H3,(H,33,40)/b20-10+,25-12+. The summed E-state index contributed by atoms with van der Waals surface area (Å²) in [5.74, 6) is -0.383. The Hall–Kier alpha value is -4.03. The minimum Gasteiger partial charge on any atom is -0.373 e. The van der Waals surface area contributed by atoms with E-state index in [4.69, 9.17) is 0 Å².